The zero-order chi connectivity index (χ0) is 9.10. The summed E-state index contributed by atoms with van der Waals surface area (Å²) in [5.41, 5.74) is 9.28. The van der Waals surface area contributed by atoms with Crippen LogP contribution in [0.5, 0.6) is 0 Å². The number of hydrazine groups is 1. The molecule has 0 heterocycles. The highest BCUT2D eigenvalue weighted by Crippen LogP contribution is 2.28. The molecule has 0 saturated heterocycles. The van der Waals surface area contributed by atoms with Crippen LogP contribution in [0.1, 0.15) is 30.0 Å². The minimum absolute atomic E-state index is 0.495. The number of nitrogens with one attached hydrogen (secondary N) is 2. The molecule has 0 aliphatic heterocycles. The van der Waals surface area contributed by atoms with Gasteiger partial charge < -0.3 is 0 Å². The number of benzene rings is 1. The molecule has 0 fully saturated rings. The van der Waals surface area contributed by atoms with Crippen molar-refractivity contribution in [3.63, 3.8) is 0 Å². The van der Waals surface area contributed by atoms with Gasteiger partial charge in [-0.2, -0.15) is 0 Å². The molecule has 70 valence electrons. The molecule has 2 N–H and O–H groups in total. The van der Waals surface area contributed by atoms with E-state index in [2.05, 4.69) is 35.1 Å². The van der Waals surface area contributed by atoms with Gasteiger partial charge in [-0.15, -0.1) is 0 Å². The van der Waals surface area contributed by atoms with E-state index in [0.29, 0.717) is 6.04 Å². The largest absolute Gasteiger partial charge is 0.260 e. The smallest absolute Gasteiger partial charge is 0.0465 e. The van der Waals surface area contributed by atoms with Crippen molar-refractivity contribution in [3.05, 3.63) is 35.4 Å². The van der Waals surface area contributed by atoms with Gasteiger partial charge in [0.15, 0.2) is 0 Å². The van der Waals surface area contributed by atoms with Crippen LogP contribution in [-0.2, 0) is 6.42 Å². The normalized spacial score (nSPS) is 21.2. The van der Waals surface area contributed by atoms with Crippen LogP contribution < -0.4 is 10.9 Å². The van der Waals surface area contributed by atoms with E-state index in [9.17, 15) is 0 Å². The highest BCUT2D eigenvalue weighted by molar-refractivity contribution is 5.31. The van der Waals surface area contributed by atoms with Crippen molar-refractivity contribution in [1.29, 1.82) is 0 Å². The van der Waals surface area contributed by atoms with Crippen molar-refractivity contribution in [2.75, 3.05) is 7.05 Å². The average molecular weight is 176 g/mol. The van der Waals surface area contributed by atoms with Crippen molar-refractivity contribution in [3.8, 4) is 0 Å². The number of fused-ring (bicyclic) bond motifs is 1. The lowest BCUT2D eigenvalue weighted by Crippen LogP contribution is -2.34. The van der Waals surface area contributed by atoms with Crippen LogP contribution in [0, 0.1) is 0 Å². The Labute approximate surface area is 79.3 Å². The van der Waals surface area contributed by atoms with Gasteiger partial charge >= 0.3 is 0 Å². The van der Waals surface area contributed by atoms with Crippen LogP contribution in [0.3, 0.4) is 0 Å². The number of aryl methyl sites for hydroxylation is 1. The Bertz CT molecular complexity index is 283. The maximum atomic E-state index is 3.29. The first-order valence-electron chi connectivity index (χ1n) is 4.92. The summed E-state index contributed by atoms with van der Waals surface area (Å²) in [7, 11) is 1.93. The quantitative estimate of drug-likeness (QED) is 0.671. The van der Waals surface area contributed by atoms with Crippen molar-refractivity contribution >= 4 is 0 Å². The van der Waals surface area contributed by atoms with Gasteiger partial charge in [0, 0.05) is 6.04 Å². The van der Waals surface area contributed by atoms with Gasteiger partial charge in [-0.25, -0.2) is 0 Å². The molecular formula is C11H16N2. The Kier molecular flexibility index (Phi) is 2.62. The summed E-state index contributed by atoms with van der Waals surface area (Å²) >= 11 is 0. The topological polar surface area (TPSA) is 24.1 Å². The lowest BCUT2D eigenvalue weighted by molar-refractivity contribution is 0.419. The lowest BCUT2D eigenvalue weighted by atomic mass is 9.88. The molecule has 0 saturated carbocycles. The average Bonchev–Trinajstić information content (AvgIpc) is 2.19. The first-order chi connectivity index (χ1) is 6.42. The third-order valence-corrected chi connectivity index (χ3v) is 2.69. The van der Waals surface area contributed by atoms with E-state index in [1.807, 2.05) is 7.05 Å². The van der Waals surface area contributed by atoms with Crippen LogP contribution in [-0.4, -0.2) is 7.05 Å². The van der Waals surface area contributed by atoms with Crippen molar-refractivity contribution in [1.82, 2.24) is 10.9 Å². The third-order valence-electron chi connectivity index (χ3n) is 2.69. The van der Waals surface area contributed by atoms with E-state index in [0.717, 1.165) is 0 Å². The van der Waals surface area contributed by atoms with Gasteiger partial charge in [0.1, 0.15) is 0 Å². The zero-order valence-corrected chi connectivity index (χ0v) is 8.01. The van der Waals surface area contributed by atoms with Gasteiger partial charge in [-0.05, 0) is 37.4 Å². The van der Waals surface area contributed by atoms with E-state index < -0.39 is 0 Å². The van der Waals surface area contributed by atoms with Gasteiger partial charge in [0.25, 0.3) is 0 Å². The monoisotopic (exact) mass is 176 g/mol. The molecular weight excluding hydrogens is 160 g/mol. The molecule has 2 rings (SSSR count). The SMILES string of the molecule is CNN[C@@H]1CCCc2ccccc21. The molecule has 0 radical (unpaired) electrons. The standard InChI is InChI=1S/C11H16N2/c1-12-13-11-8-4-6-9-5-2-3-7-10(9)11/h2-3,5,7,11-13H,4,6,8H2,1H3/t11-/m1/s1. The van der Waals surface area contributed by atoms with Gasteiger partial charge in [-0.3, -0.25) is 10.9 Å². The molecule has 0 spiro atoms. The van der Waals surface area contributed by atoms with E-state index >= 15 is 0 Å². The Morgan fingerprint density at radius 1 is 1.31 bits per heavy atom. The maximum absolute atomic E-state index is 3.29. The fourth-order valence-corrected chi connectivity index (χ4v) is 2.08. The molecule has 0 bridgehead atoms. The first-order valence-corrected chi connectivity index (χ1v) is 4.92. The molecule has 0 unspecified atom stereocenters. The maximum Gasteiger partial charge on any atom is 0.0465 e. The summed E-state index contributed by atoms with van der Waals surface area (Å²) in [5.74, 6) is 0. The van der Waals surface area contributed by atoms with Crippen molar-refractivity contribution in [2.24, 2.45) is 0 Å². The summed E-state index contributed by atoms with van der Waals surface area (Å²) < 4.78 is 0. The first kappa shape index (κ1) is 8.73. The second kappa shape index (κ2) is 3.90. The van der Waals surface area contributed by atoms with Crippen LogP contribution in [0.4, 0.5) is 0 Å². The molecule has 2 heteroatoms. The number of rotatable bonds is 2. The molecule has 13 heavy (non-hydrogen) atoms. The van der Waals surface area contributed by atoms with Crippen molar-refractivity contribution < 1.29 is 0 Å². The predicted octanol–water partition coefficient (Wildman–Crippen LogP) is 1.79. The third kappa shape index (κ3) is 1.74. The minimum Gasteiger partial charge on any atom is -0.260 e. The minimum atomic E-state index is 0.495. The second-order valence-electron chi connectivity index (χ2n) is 3.54. The Morgan fingerprint density at radius 3 is 3.00 bits per heavy atom. The van der Waals surface area contributed by atoms with E-state index in [4.69, 9.17) is 0 Å². The summed E-state index contributed by atoms with van der Waals surface area (Å²) in [4.78, 5) is 0. The molecule has 0 amide bonds. The molecule has 1 aliphatic carbocycles. The molecule has 1 atom stereocenters. The second-order valence-corrected chi connectivity index (χ2v) is 3.54. The number of hydrogen-bond acceptors (Lipinski definition) is 2. The summed E-state index contributed by atoms with van der Waals surface area (Å²) in [6.07, 6.45) is 3.76. The molecule has 2 nitrogen and oxygen atoms in total. The predicted molar refractivity (Wildman–Crippen MR) is 54.3 cm³/mol. The highest BCUT2D eigenvalue weighted by Gasteiger charge is 2.18. The van der Waals surface area contributed by atoms with Gasteiger partial charge in [0.2, 0.25) is 0 Å². The summed E-state index contributed by atoms with van der Waals surface area (Å²) in [6, 6.07) is 9.20. The molecule has 1 aliphatic rings. The molecule has 1 aromatic carbocycles. The highest BCUT2D eigenvalue weighted by atomic mass is 15.3. The Hall–Kier alpha value is -0.860. The number of hydrogen-bond donors (Lipinski definition) is 2. The summed E-state index contributed by atoms with van der Waals surface area (Å²) in [5, 5.41) is 0. The van der Waals surface area contributed by atoms with Crippen LogP contribution >= 0.6 is 0 Å². The lowest BCUT2D eigenvalue weighted by Gasteiger charge is -2.25. The summed E-state index contributed by atoms with van der Waals surface area (Å²) in [6.45, 7) is 0. The van der Waals surface area contributed by atoms with E-state index in [1.54, 1.807) is 0 Å². The fourth-order valence-electron chi connectivity index (χ4n) is 2.08. The van der Waals surface area contributed by atoms with Gasteiger partial charge in [-0.1, -0.05) is 24.3 Å². The van der Waals surface area contributed by atoms with Gasteiger partial charge in [0.05, 0.1) is 0 Å². The Balaban J connectivity index is 2.26. The van der Waals surface area contributed by atoms with Crippen LogP contribution in [0.15, 0.2) is 24.3 Å². The van der Waals surface area contributed by atoms with E-state index in [1.165, 1.54) is 30.4 Å². The van der Waals surface area contributed by atoms with Crippen LogP contribution in [0.25, 0.3) is 0 Å². The zero-order valence-electron chi connectivity index (χ0n) is 8.01. The fraction of sp³-hybridized carbons (Fsp3) is 0.455. The molecule has 1 aromatic rings. The van der Waals surface area contributed by atoms with E-state index in [-0.39, 0.29) is 0 Å². The van der Waals surface area contributed by atoms with Crippen molar-refractivity contribution in [2.45, 2.75) is 25.3 Å². The van der Waals surface area contributed by atoms with Crippen LogP contribution in [0.2, 0.25) is 0 Å². The molecule has 0 aromatic heterocycles. The Morgan fingerprint density at radius 2 is 2.15 bits per heavy atom.